The number of thiazole rings is 1. The van der Waals surface area contributed by atoms with E-state index < -0.39 is 6.04 Å². The summed E-state index contributed by atoms with van der Waals surface area (Å²) in [6.45, 7) is 9.06. The molecule has 39 heavy (non-hydrogen) atoms. The smallest absolute Gasteiger partial charge is 0.271 e. The first-order chi connectivity index (χ1) is 18.8. The number of hydrogen-bond acceptors (Lipinski definition) is 7. The predicted molar refractivity (Wildman–Crippen MR) is 154 cm³/mol. The number of carbonyl (C=O) groups excluding carboxylic acids is 1. The Hall–Kier alpha value is -3.56. The van der Waals surface area contributed by atoms with E-state index in [-0.39, 0.29) is 11.5 Å². The first-order valence-electron chi connectivity index (χ1n) is 12.7. The molecule has 1 aliphatic heterocycles. The fraction of sp³-hybridized carbons (Fsp3) is 0.345. The quantitative estimate of drug-likeness (QED) is 0.386. The predicted octanol–water partition coefficient (Wildman–Crippen LogP) is 4.17. The lowest BCUT2D eigenvalue weighted by Crippen LogP contribution is -2.43. The maximum Gasteiger partial charge on any atom is 0.271 e. The minimum absolute atomic E-state index is 0.182. The van der Waals surface area contributed by atoms with Gasteiger partial charge in [0.25, 0.3) is 11.5 Å². The second-order valence-corrected chi connectivity index (χ2v) is 10.2. The van der Waals surface area contributed by atoms with E-state index in [4.69, 9.17) is 30.8 Å². The minimum Gasteiger partial charge on any atom is -0.497 e. The Morgan fingerprint density at radius 1 is 1.10 bits per heavy atom. The van der Waals surface area contributed by atoms with E-state index in [1.165, 1.54) is 11.3 Å². The van der Waals surface area contributed by atoms with Crippen LogP contribution < -0.4 is 29.1 Å². The molecular formula is C29H32ClN3O5S. The molecule has 8 nitrogen and oxygen atoms in total. The number of aromatic nitrogens is 1. The second-order valence-electron chi connectivity index (χ2n) is 8.78. The number of methoxy groups -OCH3 is 2. The molecular weight excluding hydrogens is 538 g/mol. The molecule has 4 rings (SSSR count). The summed E-state index contributed by atoms with van der Waals surface area (Å²) >= 11 is 7.52. The Bertz CT molecular complexity index is 1600. The molecule has 0 N–H and O–H groups in total. The van der Waals surface area contributed by atoms with Crippen molar-refractivity contribution in [1.29, 1.82) is 0 Å². The van der Waals surface area contributed by atoms with Gasteiger partial charge in [0.2, 0.25) is 0 Å². The lowest BCUT2D eigenvalue weighted by atomic mass is 9.93. The lowest BCUT2D eigenvalue weighted by molar-refractivity contribution is -0.127. The number of hydrogen-bond donors (Lipinski definition) is 0. The third kappa shape index (κ3) is 5.46. The number of carbonyl (C=O) groups is 1. The van der Waals surface area contributed by atoms with Crippen LogP contribution in [0.3, 0.4) is 0 Å². The van der Waals surface area contributed by atoms with Gasteiger partial charge < -0.3 is 19.1 Å². The number of rotatable bonds is 9. The van der Waals surface area contributed by atoms with Gasteiger partial charge in [0, 0.05) is 29.2 Å². The van der Waals surface area contributed by atoms with Crippen molar-refractivity contribution in [2.45, 2.75) is 33.7 Å². The SMILES string of the molecule is CCOc1ccc(Cl)cc1/C=c1/sc2n(c1=O)[C@@H](c1cc(OC)ccc1OC)C(C(=O)N(CC)CC)=C(C)N=2. The van der Waals surface area contributed by atoms with E-state index in [2.05, 4.69) is 0 Å². The first-order valence-corrected chi connectivity index (χ1v) is 13.9. The van der Waals surface area contributed by atoms with Crippen LogP contribution in [0.2, 0.25) is 5.02 Å². The number of nitrogens with zero attached hydrogens (tertiary/aromatic N) is 3. The second kappa shape index (κ2) is 12.1. The van der Waals surface area contributed by atoms with Crippen LogP contribution in [0, 0.1) is 0 Å². The molecule has 0 aliphatic carbocycles. The number of halogens is 1. The summed E-state index contributed by atoms with van der Waals surface area (Å²) in [7, 11) is 3.13. The van der Waals surface area contributed by atoms with Gasteiger partial charge in [-0.3, -0.25) is 14.2 Å². The van der Waals surface area contributed by atoms with Gasteiger partial charge in [-0.1, -0.05) is 22.9 Å². The molecule has 0 bridgehead atoms. The number of amides is 1. The van der Waals surface area contributed by atoms with E-state index in [1.807, 2.05) is 20.8 Å². The summed E-state index contributed by atoms with van der Waals surface area (Å²) < 4.78 is 19.0. The van der Waals surface area contributed by atoms with Crippen molar-refractivity contribution >= 4 is 34.9 Å². The molecule has 3 aromatic rings. The van der Waals surface area contributed by atoms with Crippen molar-refractivity contribution in [3.8, 4) is 17.2 Å². The topological polar surface area (TPSA) is 82.4 Å². The largest absolute Gasteiger partial charge is 0.497 e. The average Bonchev–Trinajstić information content (AvgIpc) is 3.23. The number of likely N-dealkylation sites (N-methyl/N-ethyl adjacent to an activating group) is 1. The summed E-state index contributed by atoms with van der Waals surface area (Å²) in [4.78, 5) is 34.9. The van der Waals surface area contributed by atoms with Crippen LogP contribution >= 0.6 is 22.9 Å². The summed E-state index contributed by atoms with van der Waals surface area (Å²) in [5, 5.41) is 0.527. The Balaban J connectivity index is 2.03. The standard InChI is InChI=1S/C29H32ClN3O5S/c1-7-32(8-2)28(35)25-17(4)31-29-33(26(25)21-16-20(36-5)11-13-23(21)37-6)27(34)24(39-29)15-18-14-19(30)10-12-22(18)38-9-3/h10-16,26H,7-9H2,1-6H3/b24-15+/t26-/m0/s1. The highest BCUT2D eigenvalue weighted by molar-refractivity contribution is 7.07. The van der Waals surface area contributed by atoms with Crippen LogP contribution in [0.15, 0.2) is 57.5 Å². The van der Waals surface area contributed by atoms with E-state index in [1.54, 1.807) is 73.1 Å². The van der Waals surface area contributed by atoms with E-state index >= 15 is 0 Å². The number of benzene rings is 2. The molecule has 0 spiro atoms. The highest BCUT2D eigenvalue weighted by atomic mass is 35.5. The highest BCUT2D eigenvalue weighted by Crippen LogP contribution is 2.38. The molecule has 0 saturated heterocycles. The Morgan fingerprint density at radius 2 is 1.82 bits per heavy atom. The van der Waals surface area contributed by atoms with Crippen LogP contribution in [-0.2, 0) is 4.79 Å². The zero-order chi connectivity index (χ0) is 28.3. The Kier molecular flexibility index (Phi) is 8.82. The zero-order valence-electron chi connectivity index (χ0n) is 22.9. The van der Waals surface area contributed by atoms with Gasteiger partial charge in [0.05, 0.1) is 36.6 Å². The molecule has 2 heterocycles. The van der Waals surface area contributed by atoms with Gasteiger partial charge in [-0.25, -0.2) is 4.99 Å². The van der Waals surface area contributed by atoms with Gasteiger partial charge in [-0.05, 0) is 70.2 Å². The average molecular weight is 570 g/mol. The van der Waals surface area contributed by atoms with Crippen molar-refractivity contribution in [2.24, 2.45) is 4.99 Å². The molecule has 0 radical (unpaired) electrons. The highest BCUT2D eigenvalue weighted by Gasteiger charge is 2.36. The minimum atomic E-state index is -0.771. The van der Waals surface area contributed by atoms with Crippen molar-refractivity contribution in [1.82, 2.24) is 9.47 Å². The molecule has 2 aromatic carbocycles. The normalized spacial score (nSPS) is 15.1. The number of fused-ring (bicyclic) bond motifs is 1. The summed E-state index contributed by atoms with van der Waals surface area (Å²) in [5.74, 6) is 1.55. The molecule has 206 valence electrons. The van der Waals surface area contributed by atoms with Crippen molar-refractivity contribution in [2.75, 3.05) is 33.9 Å². The van der Waals surface area contributed by atoms with Crippen LogP contribution in [0.25, 0.3) is 6.08 Å². The summed E-state index contributed by atoms with van der Waals surface area (Å²) in [6, 6.07) is 9.88. The van der Waals surface area contributed by atoms with Gasteiger partial charge in [-0.2, -0.15) is 0 Å². The van der Waals surface area contributed by atoms with Crippen molar-refractivity contribution in [3.05, 3.63) is 83.5 Å². The van der Waals surface area contributed by atoms with Gasteiger partial charge in [0.15, 0.2) is 4.80 Å². The third-order valence-electron chi connectivity index (χ3n) is 6.59. The van der Waals surface area contributed by atoms with Crippen LogP contribution in [0.1, 0.15) is 44.9 Å². The molecule has 1 aromatic heterocycles. The molecule has 1 atom stereocenters. The molecule has 0 fully saturated rings. The van der Waals surface area contributed by atoms with Crippen molar-refractivity contribution in [3.63, 3.8) is 0 Å². The molecule has 0 unspecified atom stereocenters. The third-order valence-corrected chi connectivity index (χ3v) is 7.81. The van der Waals surface area contributed by atoms with Gasteiger partial charge >= 0.3 is 0 Å². The van der Waals surface area contributed by atoms with E-state index in [9.17, 15) is 9.59 Å². The Morgan fingerprint density at radius 3 is 2.46 bits per heavy atom. The van der Waals surface area contributed by atoms with Crippen LogP contribution in [-0.4, -0.2) is 49.3 Å². The zero-order valence-corrected chi connectivity index (χ0v) is 24.5. The van der Waals surface area contributed by atoms with Crippen LogP contribution in [0.4, 0.5) is 0 Å². The summed E-state index contributed by atoms with van der Waals surface area (Å²) in [6.07, 6.45) is 1.76. The van der Waals surface area contributed by atoms with Crippen LogP contribution in [0.5, 0.6) is 17.2 Å². The number of ether oxygens (including phenoxy) is 3. The maximum absolute atomic E-state index is 14.1. The van der Waals surface area contributed by atoms with Crippen molar-refractivity contribution < 1.29 is 19.0 Å². The van der Waals surface area contributed by atoms with E-state index in [0.717, 1.165) is 0 Å². The monoisotopic (exact) mass is 569 g/mol. The Labute approximate surface area is 236 Å². The van der Waals surface area contributed by atoms with E-state index in [0.29, 0.717) is 73.7 Å². The molecule has 1 aliphatic rings. The van der Waals surface area contributed by atoms with Gasteiger partial charge in [0.1, 0.15) is 23.3 Å². The van der Waals surface area contributed by atoms with Gasteiger partial charge in [-0.15, -0.1) is 0 Å². The molecule has 0 saturated carbocycles. The number of allylic oxidation sites excluding steroid dienone is 1. The molecule has 1 amide bonds. The fourth-order valence-electron chi connectivity index (χ4n) is 4.68. The maximum atomic E-state index is 14.1. The lowest BCUT2D eigenvalue weighted by Gasteiger charge is -2.30. The fourth-order valence-corrected chi connectivity index (χ4v) is 5.90. The first kappa shape index (κ1) is 28.4. The molecule has 10 heteroatoms. The summed E-state index contributed by atoms with van der Waals surface area (Å²) in [5.41, 5.74) is 2.00.